The van der Waals surface area contributed by atoms with Gasteiger partial charge < -0.3 is 5.73 Å². The second kappa shape index (κ2) is 5.74. The number of nitriles is 2. The number of ketones is 1. The lowest BCUT2D eigenvalue weighted by Gasteiger charge is -2.15. The summed E-state index contributed by atoms with van der Waals surface area (Å²) in [6, 6.07) is 18.1. The molecule has 0 aromatic heterocycles. The Kier molecular flexibility index (Phi) is 3.51. The maximum atomic E-state index is 12.8. The van der Waals surface area contributed by atoms with Crippen molar-refractivity contribution in [2.45, 2.75) is 0 Å². The van der Waals surface area contributed by atoms with Crippen LogP contribution in [0.2, 0.25) is 5.02 Å². The Morgan fingerprint density at radius 2 is 1.42 bits per heavy atom. The molecule has 0 saturated carbocycles. The van der Waals surface area contributed by atoms with Gasteiger partial charge in [-0.2, -0.15) is 10.5 Å². The Morgan fingerprint density at radius 1 is 0.808 bits per heavy atom. The zero-order chi connectivity index (χ0) is 18.4. The van der Waals surface area contributed by atoms with Crippen molar-refractivity contribution < 1.29 is 4.79 Å². The molecule has 0 unspecified atom stereocenters. The molecule has 1 aliphatic rings. The maximum absolute atomic E-state index is 12.8. The molecule has 0 aliphatic heterocycles. The molecule has 0 heterocycles. The van der Waals surface area contributed by atoms with Gasteiger partial charge in [-0.25, -0.2) is 0 Å². The number of benzene rings is 3. The predicted molar refractivity (Wildman–Crippen MR) is 99.6 cm³/mol. The van der Waals surface area contributed by atoms with Crippen LogP contribution < -0.4 is 5.73 Å². The number of carbonyl (C=O) groups is 1. The molecular weight excluding hydrogens is 346 g/mol. The number of fused-ring (bicyclic) bond motifs is 3. The van der Waals surface area contributed by atoms with E-state index >= 15 is 0 Å². The number of hydrogen-bond acceptors (Lipinski definition) is 4. The van der Waals surface area contributed by atoms with Crippen LogP contribution in [0, 0.1) is 22.7 Å². The van der Waals surface area contributed by atoms with E-state index in [9.17, 15) is 15.3 Å². The molecule has 0 radical (unpaired) electrons. The highest BCUT2D eigenvalue weighted by atomic mass is 35.5. The fourth-order valence-corrected chi connectivity index (χ4v) is 3.57. The first-order valence-corrected chi connectivity index (χ1v) is 8.16. The molecule has 4 nitrogen and oxygen atoms in total. The Morgan fingerprint density at radius 3 is 2.04 bits per heavy atom. The molecule has 0 bridgehead atoms. The van der Waals surface area contributed by atoms with E-state index in [0.29, 0.717) is 32.8 Å². The van der Waals surface area contributed by atoms with Gasteiger partial charge in [-0.3, -0.25) is 4.79 Å². The quantitative estimate of drug-likeness (QED) is 0.507. The van der Waals surface area contributed by atoms with E-state index < -0.39 is 0 Å². The zero-order valence-electron chi connectivity index (χ0n) is 13.4. The smallest absolute Gasteiger partial charge is 0.196 e. The van der Waals surface area contributed by atoms with Gasteiger partial charge in [0.25, 0.3) is 0 Å². The summed E-state index contributed by atoms with van der Waals surface area (Å²) in [7, 11) is 0. The van der Waals surface area contributed by atoms with Crippen LogP contribution in [0.4, 0.5) is 5.69 Å². The van der Waals surface area contributed by atoms with Crippen molar-refractivity contribution in [2.75, 3.05) is 5.73 Å². The summed E-state index contributed by atoms with van der Waals surface area (Å²) < 4.78 is 0. The fraction of sp³-hybridized carbons (Fsp3) is 0. The van der Waals surface area contributed by atoms with Gasteiger partial charge in [-0.15, -0.1) is 0 Å². The van der Waals surface area contributed by atoms with E-state index in [1.807, 2.05) is 0 Å². The summed E-state index contributed by atoms with van der Waals surface area (Å²) in [5.41, 5.74) is 9.68. The molecule has 122 valence electrons. The van der Waals surface area contributed by atoms with Gasteiger partial charge in [-0.1, -0.05) is 48.0 Å². The van der Waals surface area contributed by atoms with Crippen molar-refractivity contribution >= 4 is 23.1 Å². The number of nitrogens with two attached hydrogens (primary N) is 1. The fourth-order valence-electron chi connectivity index (χ4n) is 3.44. The molecule has 4 rings (SSSR count). The van der Waals surface area contributed by atoms with Crippen molar-refractivity contribution in [2.24, 2.45) is 0 Å². The summed E-state index contributed by atoms with van der Waals surface area (Å²) >= 11 is 5.96. The number of rotatable bonds is 1. The van der Waals surface area contributed by atoms with Crippen LogP contribution >= 0.6 is 11.6 Å². The highest BCUT2D eigenvalue weighted by Gasteiger charge is 2.35. The van der Waals surface area contributed by atoms with Crippen molar-refractivity contribution in [3.63, 3.8) is 0 Å². The average Bonchev–Trinajstić information content (AvgIpc) is 2.96. The Labute approximate surface area is 154 Å². The SMILES string of the molecule is N#Cc1c(N)c2c(c(C#N)c1-c1ccc(Cl)cc1)-c1ccccc1C2=O. The largest absolute Gasteiger partial charge is 0.397 e. The van der Waals surface area contributed by atoms with E-state index in [1.165, 1.54) is 0 Å². The van der Waals surface area contributed by atoms with Crippen molar-refractivity contribution in [1.82, 2.24) is 0 Å². The lowest BCUT2D eigenvalue weighted by atomic mass is 9.86. The summed E-state index contributed by atoms with van der Waals surface area (Å²) in [5, 5.41) is 20.1. The van der Waals surface area contributed by atoms with Gasteiger partial charge in [0.05, 0.1) is 22.4 Å². The second-order valence-electron chi connectivity index (χ2n) is 5.89. The lowest BCUT2D eigenvalue weighted by Crippen LogP contribution is -2.06. The number of halogens is 1. The first-order chi connectivity index (χ1) is 12.6. The molecule has 0 spiro atoms. The summed E-state index contributed by atoms with van der Waals surface area (Å²) in [4.78, 5) is 12.8. The second-order valence-corrected chi connectivity index (χ2v) is 6.33. The molecule has 3 aromatic rings. The number of nitrogen functional groups attached to an aromatic ring is 1. The average molecular weight is 356 g/mol. The molecule has 2 N–H and O–H groups in total. The topological polar surface area (TPSA) is 90.7 Å². The van der Waals surface area contributed by atoms with E-state index in [4.69, 9.17) is 17.3 Å². The molecule has 0 atom stereocenters. The third-order valence-electron chi connectivity index (χ3n) is 4.56. The van der Waals surface area contributed by atoms with Gasteiger partial charge in [0.15, 0.2) is 5.78 Å². The van der Waals surface area contributed by atoms with Crippen molar-refractivity contribution in [1.29, 1.82) is 10.5 Å². The number of carbonyl (C=O) groups excluding carboxylic acids is 1. The minimum atomic E-state index is -0.260. The maximum Gasteiger partial charge on any atom is 0.196 e. The third-order valence-corrected chi connectivity index (χ3v) is 4.82. The normalized spacial score (nSPS) is 11.4. The Balaban J connectivity index is 2.19. The third kappa shape index (κ3) is 2.04. The molecule has 5 heteroatoms. The monoisotopic (exact) mass is 355 g/mol. The lowest BCUT2D eigenvalue weighted by molar-refractivity contribution is 0.104. The van der Waals surface area contributed by atoms with Gasteiger partial charge in [0.1, 0.15) is 12.1 Å². The van der Waals surface area contributed by atoms with E-state index in [2.05, 4.69) is 12.1 Å². The van der Waals surface area contributed by atoms with E-state index in [0.717, 1.165) is 0 Å². The minimum Gasteiger partial charge on any atom is -0.397 e. The number of anilines is 1. The highest BCUT2D eigenvalue weighted by Crippen LogP contribution is 2.47. The molecule has 1 aliphatic carbocycles. The van der Waals surface area contributed by atoms with E-state index in [1.54, 1.807) is 48.5 Å². The first-order valence-electron chi connectivity index (χ1n) is 7.78. The van der Waals surface area contributed by atoms with Crippen LogP contribution in [0.5, 0.6) is 0 Å². The van der Waals surface area contributed by atoms with Crippen LogP contribution in [0.1, 0.15) is 27.0 Å². The van der Waals surface area contributed by atoms with Crippen molar-refractivity contribution in [3.8, 4) is 34.4 Å². The predicted octanol–water partition coefficient (Wildman–Crippen LogP) is 4.54. The molecule has 26 heavy (non-hydrogen) atoms. The van der Waals surface area contributed by atoms with Crippen LogP contribution in [0.15, 0.2) is 48.5 Å². The van der Waals surface area contributed by atoms with Gasteiger partial charge in [0, 0.05) is 21.7 Å². The van der Waals surface area contributed by atoms with Gasteiger partial charge >= 0.3 is 0 Å². The summed E-state index contributed by atoms with van der Waals surface area (Å²) in [6.07, 6.45) is 0. The first kappa shape index (κ1) is 15.9. The number of hydrogen-bond donors (Lipinski definition) is 1. The Bertz CT molecular complexity index is 1180. The summed E-state index contributed by atoms with van der Waals surface area (Å²) in [5.74, 6) is -0.260. The number of nitrogens with zero attached hydrogens (tertiary/aromatic N) is 2. The molecular formula is C21H10ClN3O. The highest BCUT2D eigenvalue weighted by molar-refractivity contribution is 6.30. The van der Waals surface area contributed by atoms with Crippen LogP contribution in [-0.4, -0.2) is 5.78 Å². The van der Waals surface area contributed by atoms with Crippen LogP contribution in [0.25, 0.3) is 22.3 Å². The zero-order valence-corrected chi connectivity index (χ0v) is 14.1. The van der Waals surface area contributed by atoms with Gasteiger partial charge in [-0.05, 0) is 23.3 Å². The molecule has 3 aromatic carbocycles. The minimum absolute atomic E-state index is 0.104. The van der Waals surface area contributed by atoms with Crippen LogP contribution in [0.3, 0.4) is 0 Å². The molecule has 0 saturated heterocycles. The molecule has 0 fully saturated rings. The van der Waals surface area contributed by atoms with Crippen LogP contribution in [-0.2, 0) is 0 Å². The van der Waals surface area contributed by atoms with Crippen molar-refractivity contribution in [3.05, 3.63) is 75.8 Å². The van der Waals surface area contributed by atoms with Gasteiger partial charge in [0.2, 0.25) is 0 Å². The standard InChI is InChI=1S/C21H10ClN3O/c22-12-7-5-11(6-8-12)17-15(9-23)18-13-3-1-2-4-14(13)21(26)19(18)20(25)16(17)10-24/h1-8H,25H2. The molecule has 0 amide bonds. The Hall–Kier alpha value is -3.60. The summed E-state index contributed by atoms with van der Waals surface area (Å²) in [6.45, 7) is 0. The van der Waals surface area contributed by atoms with E-state index in [-0.39, 0.29) is 28.2 Å².